The molecular weight excluding hydrogens is 1300 g/mol. The SMILES string of the molecule is FC(F)(F)C(F)(F)OC(F)(F)C(F)(F)OC(F)(OC(F)(F)C(F)(F)C(F)(F)C(F)(F)C(F)(F)C(F)(F)C(F)(F)C(F)(F)C(F)(F)F)C(F)(F)OC(F)(F)C(F)(F)C(F)(F)C(F)(F)C(F)(F)C(F)(F)C(F)(F)C(F)(F)C(F)(F)F. The van der Waals surface area contributed by atoms with E-state index in [1.54, 1.807) is 0 Å². The van der Waals surface area contributed by atoms with Crippen molar-refractivity contribution in [2.45, 2.75) is 144 Å². The van der Waals surface area contributed by atoms with Crippen LogP contribution in [-0.4, -0.2) is 144 Å². The van der Waals surface area contributed by atoms with E-state index in [9.17, 15) is 215 Å². The zero-order valence-corrected chi connectivity index (χ0v) is 32.5. The Bertz CT molecular complexity index is 2120. The van der Waals surface area contributed by atoms with E-state index < -0.39 is 144 Å². The minimum atomic E-state index is -10.5. The molecule has 0 aromatic rings. The van der Waals surface area contributed by atoms with Gasteiger partial charge in [-0.2, -0.15) is 220 Å². The van der Waals surface area contributed by atoms with Gasteiger partial charge in [-0.15, -0.1) is 0 Å². The topological polar surface area (TPSA) is 36.9 Å². The van der Waals surface area contributed by atoms with E-state index in [2.05, 4.69) is 0 Å². The molecule has 0 radical (unpaired) electrons. The number of alkyl halides is 50. The van der Waals surface area contributed by atoms with Crippen molar-refractivity contribution in [2.75, 3.05) is 0 Å². The summed E-state index contributed by atoms with van der Waals surface area (Å²) in [5.74, 6) is -141. The Morgan fingerprint density at radius 3 is 0.474 bits per heavy atom. The van der Waals surface area contributed by atoms with Crippen molar-refractivity contribution in [2.24, 2.45) is 0 Å². The summed E-state index contributed by atoms with van der Waals surface area (Å²) in [5, 5.41) is 0. The Morgan fingerprint density at radius 2 is 0.269 bits per heavy atom. The molecule has 0 aliphatic carbocycles. The fourth-order valence-electron chi connectivity index (χ4n) is 3.85. The maximum Gasteiger partial charge on any atom is 0.483 e. The molecule has 0 aliphatic heterocycles. The third-order valence-electron chi connectivity index (χ3n) is 8.22. The molecule has 0 bridgehead atoms. The summed E-state index contributed by atoms with van der Waals surface area (Å²) in [6.45, 7) is 0. The normalized spacial score (nSPS) is 17.9. The van der Waals surface area contributed by atoms with Crippen molar-refractivity contribution in [3.63, 3.8) is 0 Å². The van der Waals surface area contributed by atoms with Gasteiger partial charge in [0.1, 0.15) is 0 Å². The van der Waals surface area contributed by atoms with Crippen LogP contribution in [-0.2, 0) is 18.9 Å². The predicted molar refractivity (Wildman–Crippen MR) is 125 cm³/mol. The minimum absolute atomic E-state index is 0.291. The van der Waals surface area contributed by atoms with Crippen LogP contribution in [0.2, 0.25) is 0 Å². The molecule has 0 fully saturated rings. The van der Waals surface area contributed by atoms with Crippen molar-refractivity contribution >= 4 is 0 Å². The van der Waals surface area contributed by atoms with Crippen LogP contribution < -0.4 is 0 Å². The Labute approximate surface area is 384 Å². The number of hydrogen-bond acceptors (Lipinski definition) is 4. The van der Waals surface area contributed by atoms with Crippen LogP contribution in [0.3, 0.4) is 0 Å². The molecule has 0 aromatic heterocycles. The molecule has 0 N–H and O–H groups in total. The van der Waals surface area contributed by atoms with E-state index in [0.717, 1.165) is 0 Å². The van der Waals surface area contributed by atoms with Crippen molar-refractivity contribution in [1.82, 2.24) is 0 Å². The Balaban J connectivity index is 8.67. The second-order valence-electron chi connectivity index (χ2n) is 13.6. The summed E-state index contributed by atoms with van der Waals surface area (Å²) >= 11 is 0. The van der Waals surface area contributed by atoms with Crippen molar-refractivity contribution in [1.29, 1.82) is 0 Å². The molecule has 0 amide bonds. The summed E-state index contributed by atoms with van der Waals surface area (Å²) in [4.78, 5) is 0. The van der Waals surface area contributed by atoms with E-state index in [0.29, 0.717) is 18.9 Å². The van der Waals surface area contributed by atoms with Gasteiger partial charge < -0.3 is 0 Å². The second kappa shape index (κ2) is 18.4. The molecule has 4 nitrogen and oxygen atoms in total. The number of hydrogen-bond donors (Lipinski definition) is 0. The first kappa shape index (κ1) is 74.3. The lowest BCUT2D eigenvalue weighted by molar-refractivity contribution is -0.617. The van der Waals surface area contributed by atoms with Crippen molar-refractivity contribution < 1.29 is 238 Å². The van der Waals surface area contributed by atoms with Crippen LogP contribution in [0.5, 0.6) is 0 Å². The Morgan fingerprint density at radius 1 is 0.115 bits per heavy atom. The van der Waals surface area contributed by atoms with Gasteiger partial charge in [0.2, 0.25) is 0 Å². The second-order valence-corrected chi connectivity index (χ2v) is 13.6. The van der Waals surface area contributed by atoms with Gasteiger partial charge in [-0.05, 0) is 0 Å². The molecule has 0 saturated heterocycles. The van der Waals surface area contributed by atoms with Gasteiger partial charge >= 0.3 is 144 Å². The summed E-state index contributed by atoms with van der Waals surface area (Å²) in [7, 11) is 0. The van der Waals surface area contributed by atoms with Crippen LogP contribution in [0.15, 0.2) is 0 Å². The molecule has 78 heavy (non-hydrogen) atoms. The predicted octanol–water partition coefficient (Wildman–Crippen LogP) is 15.8. The highest BCUT2D eigenvalue weighted by Crippen LogP contribution is 2.69. The van der Waals surface area contributed by atoms with Gasteiger partial charge in [0.05, 0.1) is 0 Å². The molecule has 0 heterocycles. The third kappa shape index (κ3) is 10.1. The minimum Gasteiger partial charge on any atom is -0.247 e. The molecule has 0 rings (SSSR count). The highest BCUT2D eigenvalue weighted by molar-refractivity contribution is 5.18. The Kier molecular flexibility index (Phi) is 17.6. The molecule has 0 spiro atoms. The summed E-state index contributed by atoms with van der Waals surface area (Å²) in [6, 6.07) is -10.2. The Hall–Kier alpha value is -3.66. The highest BCUT2D eigenvalue weighted by Gasteiger charge is 3.00. The lowest BCUT2D eigenvalue weighted by atomic mass is 9.88. The van der Waals surface area contributed by atoms with Crippen molar-refractivity contribution in [3.8, 4) is 0 Å². The lowest BCUT2D eigenvalue weighted by Crippen LogP contribution is -2.77. The standard InChI is InChI=1S/C24F50O4/c25-1(26,3(29,30)7(37,38)11(45,46)15(53,54)55)5(33,34)9(41,42)13(49,50)18(62,63)75-23(72,73)24(74,78-22(70,71)21(68,69)76-20(66,67)17(59,60)61)77-19(64,65)14(51,52)10(43,44)6(35,36)2(27,28)4(31,32)8(39,40)12(47,48)16(56,57)58. The fraction of sp³-hybridized carbons (Fsp3) is 1.00. The molecule has 0 saturated carbocycles. The number of halogens is 50. The molecular formula is C24F50O4. The molecule has 54 heteroatoms. The van der Waals surface area contributed by atoms with Crippen LogP contribution in [0.1, 0.15) is 0 Å². The number of ether oxygens (including phenoxy) is 4. The molecule has 1 atom stereocenters. The first-order chi connectivity index (χ1) is 32.6. The number of rotatable bonds is 24. The quantitative estimate of drug-likeness (QED) is 0.0713. The van der Waals surface area contributed by atoms with Crippen molar-refractivity contribution in [3.05, 3.63) is 0 Å². The summed E-state index contributed by atoms with van der Waals surface area (Å²) in [6.07, 6.45) is -83.2. The zero-order chi connectivity index (χ0) is 64.8. The van der Waals surface area contributed by atoms with E-state index >= 15 is 4.39 Å². The van der Waals surface area contributed by atoms with Gasteiger partial charge in [0.25, 0.3) is 0 Å². The average molecular weight is 1300 g/mol. The van der Waals surface area contributed by atoms with Crippen LogP contribution in [0.4, 0.5) is 220 Å². The largest absolute Gasteiger partial charge is 0.483 e. The van der Waals surface area contributed by atoms with E-state index in [4.69, 9.17) is 0 Å². The highest BCUT2D eigenvalue weighted by atomic mass is 19.5. The first-order valence-corrected chi connectivity index (χ1v) is 15.8. The van der Waals surface area contributed by atoms with E-state index in [-0.39, 0.29) is 0 Å². The third-order valence-corrected chi connectivity index (χ3v) is 8.22. The lowest BCUT2D eigenvalue weighted by Gasteiger charge is -2.45. The van der Waals surface area contributed by atoms with Crippen LogP contribution >= 0.6 is 0 Å². The van der Waals surface area contributed by atoms with E-state index in [1.807, 2.05) is 0 Å². The molecule has 470 valence electrons. The monoisotopic (exact) mass is 1300 g/mol. The maximum atomic E-state index is 15.1. The summed E-state index contributed by atoms with van der Waals surface area (Å²) in [5.41, 5.74) is 0. The smallest absolute Gasteiger partial charge is 0.247 e. The molecule has 1 unspecified atom stereocenters. The van der Waals surface area contributed by atoms with Crippen LogP contribution in [0, 0.1) is 0 Å². The van der Waals surface area contributed by atoms with Crippen LogP contribution in [0.25, 0.3) is 0 Å². The van der Waals surface area contributed by atoms with Gasteiger partial charge in [-0.1, -0.05) is 0 Å². The molecule has 0 aromatic carbocycles. The van der Waals surface area contributed by atoms with Gasteiger partial charge in [-0.25, -0.2) is 18.9 Å². The average Bonchev–Trinajstić information content (AvgIpc) is 3.13. The summed E-state index contributed by atoms with van der Waals surface area (Å²) < 4.78 is 678. The van der Waals surface area contributed by atoms with E-state index in [1.165, 1.54) is 0 Å². The maximum absolute atomic E-state index is 15.1. The van der Waals surface area contributed by atoms with Gasteiger partial charge in [-0.3, -0.25) is 0 Å². The fourth-order valence-corrected chi connectivity index (χ4v) is 3.85. The van der Waals surface area contributed by atoms with Gasteiger partial charge in [0, 0.05) is 0 Å². The van der Waals surface area contributed by atoms with Gasteiger partial charge in [0.15, 0.2) is 0 Å². The molecule has 0 aliphatic rings. The first-order valence-electron chi connectivity index (χ1n) is 15.8. The zero-order valence-electron chi connectivity index (χ0n) is 32.5.